The summed E-state index contributed by atoms with van der Waals surface area (Å²) in [5.74, 6) is 0.892. The molecule has 2 heterocycles. The van der Waals surface area contributed by atoms with Crippen LogP contribution < -0.4 is 10.5 Å². The molecule has 7 heteroatoms. The van der Waals surface area contributed by atoms with E-state index in [4.69, 9.17) is 15.2 Å². The summed E-state index contributed by atoms with van der Waals surface area (Å²) in [6.45, 7) is 2.97. The van der Waals surface area contributed by atoms with Gasteiger partial charge in [-0.1, -0.05) is 18.2 Å². The maximum absolute atomic E-state index is 14.5. The first-order valence-corrected chi connectivity index (χ1v) is 12.6. The minimum Gasteiger partial charge on any atom is -0.490 e. The van der Waals surface area contributed by atoms with Gasteiger partial charge in [0.1, 0.15) is 11.6 Å². The molecule has 0 unspecified atom stereocenters. The zero-order chi connectivity index (χ0) is 24.4. The van der Waals surface area contributed by atoms with Crippen molar-refractivity contribution in [1.82, 2.24) is 9.47 Å². The third kappa shape index (κ3) is 5.21. The van der Waals surface area contributed by atoms with Crippen LogP contribution in [0.4, 0.5) is 4.39 Å². The number of piperidine rings is 1. The van der Waals surface area contributed by atoms with Gasteiger partial charge in [-0.05, 0) is 66.5 Å². The van der Waals surface area contributed by atoms with Crippen molar-refractivity contribution in [1.29, 1.82) is 0 Å². The Morgan fingerprint density at radius 1 is 1.14 bits per heavy atom. The predicted octanol–water partition coefficient (Wildman–Crippen LogP) is 4.38. The topological polar surface area (TPSA) is 69.7 Å². The Kier molecular flexibility index (Phi) is 7.07. The third-order valence-corrected chi connectivity index (χ3v) is 7.23. The number of halogens is 1. The summed E-state index contributed by atoms with van der Waals surface area (Å²) in [6, 6.07) is 11.2. The molecule has 1 saturated carbocycles. The first-order valence-electron chi connectivity index (χ1n) is 12.6. The van der Waals surface area contributed by atoms with Crippen LogP contribution in [0.15, 0.2) is 42.6 Å². The molecule has 1 saturated heterocycles. The Balaban J connectivity index is 1.32. The van der Waals surface area contributed by atoms with Gasteiger partial charge >= 0.3 is 0 Å². The van der Waals surface area contributed by atoms with Gasteiger partial charge in [-0.25, -0.2) is 4.39 Å². The number of carbonyl (C=O) groups is 1. The Bertz CT molecular complexity index is 1200. The van der Waals surface area contributed by atoms with E-state index in [-0.39, 0.29) is 23.7 Å². The molecule has 35 heavy (non-hydrogen) atoms. The van der Waals surface area contributed by atoms with Crippen molar-refractivity contribution in [2.24, 2.45) is 5.73 Å². The molecule has 3 aromatic rings. The lowest BCUT2D eigenvalue weighted by molar-refractivity contribution is -0.131. The molecule has 5 rings (SSSR count). The number of aromatic nitrogens is 1. The monoisotopic (exact) mass is 479 g/mol. The van der Waals surface area contributed by atoms with Crippen molar-refractivity contribution in [3.8, 4) is 5.75 Å². The summed E-state index contributed by atoms with van der Waals surface area (Å²) in [5, 5.41) is 1.03. The second-order valence-electron chi connectivity index (χ2n) is 9.70. The number of methoxy groups -OCH3 is 1. The zero-order valence-electron chi connectivity index (χ0n) is 20.3. The van der Waals surface area contributed by atoms with Crippen LogP contribution in [0.3, 0.4) is 0 Å². The Morgan fingerprint density at radius 3 is 2.66 bits per heavy atom. The minimum atomic E-state index is -0.181. The highest BCUT2D eigenvalue weighted by Crippen LogP contribution is 2.36. The lowest BCUT2D eigenvalue weighted by Crippen LogP contribution is -2.39. The molecular formula is C28H34FN3O3. The number of likely N-dealkylation sites (tertiary alicyclic amines) is 1. The number of benzene rings is 2. The molecule has 2 aliphatic rings. The largest absolute Gasteiger partial charge is 0.490 e. The first-order chi connectivity index (χ1) is 17.1. The van der Waals surface area contributed by atoms with E-state index >= 15 is 0 Å². The van der Waals surface area contributed by atoms with E-state index in [1.807, 2.05) is 23.1 Å². The molecule has 186 valence electrons. The number of hydrogen-bond donors (Lipinski definition) is 1. The fraction of sp³-hybridized carbons (Fsp3) is 0.464. The van der Waals surface area contributed by atoms with E-state index < -0.39 is 0 Å². The maximum Gasteiger partial charge on any atom is 0.227 e. The molecule has 2 aromatic carbocycles. The fourth-order valence-electron chi connectivity index (χ4n) is 5.12. The highest BCUT2D eigenvalue weighted by Gasteiger charge is 2.28. The van der Waals surface area contributed by atoms with E-state index in [0.29, 0.717) is 39.2 Å². The molecule has 6 nitrogen and oxygen atoms in total. The maximum atomic E-state index is 14.5. The van der Waals surface area contributed by atoms with Crippen LogP contribution in [0.1, 0.15) is 48.3 Å². The summed E-state index contributed by atoms with van der Waals surface area (Å²) in [7, 11) is 1.69. The van der Waals surface area contributed by atoms with Gasteiger partial charge in [-0.3, -0.25) is 4.79 Å². The molecule has 2 fully saturated rings. The van der Waals surface area contributed by atoms with Crippen molar-refractivity contribution in [3.63, 3.8) is 0 Å². The number of rotatable bonds is 9. The number of carbonyl (C=O) groups excluding carboxylic acids is 1. The van der Waals surface area contributed by atoms with Gasteiger partial charge in [0.2, 0.25) is 5.91 Å². The molecule has 1 aliphatic heterocycles. The van der Waals surface area contributed by atoms with E-state index in [1.165, 1.54) is 6.07 Å². The molecule has 0 radical (unpaired) electrons. The van der Waals surface area contributed by atoms with E-state index in [2.05, 4.69) is 16.8 Å². The quantitative estimate of drug-likeness (QED) is 0.495. The normalized spacial score (nSPS) is 16.7. The molecule has 0 bridgehead atoms. The highest BCUT2D eigenvalue weighted by molar-refractivity contribution is 5.93. The van der Waals surface area contributed by atoms with E-state index in [0.717, 1.165) is 59.0 Å². The number of amides is 1. The minimum absolute atomic E-state index is 0.103. The number of hydrogen-bond acceptors (Lipinski definition) is 4. The second kappa shape index (κ2) is 10.4. The SMILES string of the molecule is COCCn1cc(CC(=O)N2CCC(c3cc(CN)ccc3F)CC2)c2c(OC3CC3)cccc21. The molecule has 0 atom stereocenters. The summed E-state index contributed by atoms with van der Waals surface area (Å²) in [6.07, 6.45) is 6.34. The fourth-order valence-corrected chi connectivity index (χ4v) is 5.12. The summed E-state index contributed by atoms with van der Waals surface area (Å²) >= 11 is 0. The average Bonchev–Trinajstić information content (AvgIpc) is 3.63. The summed E-state index contributed by atoms with van der Waals surface area (Å²) < 4.78 is 28.1. The lowest BCUT2D eigenvalue weighted by atomic mass is 9.88. The van der Waals surface area contributed by atoms with Crippen LogP contribution in [0, 0.1) is 5.82 Å². The van der Waals surface area contributed by atoms with Crippen LogP contribution in [-0.2, 0) is 29.0 Å². The molecule has 1 amide bonds. The van der Waals surface area contributed by atoms with Gasteiger partial charge in [0, 0.05) is 44.9 Å². The van der Waals surface area contributed by atoms with Crippen LogP contribution in [0.2, 0.25) is 0 Å². The molecule has 2 N–H and O–H groups in total. The van der Waals surface area contributed by atoms with Gasteiger partial charge in [0.05, 0.1) is 24.6 Å². The second-order valence-corrected chi connectivity index (χ2v) is 9.70. The van der Waals surface area contributed by atoms with Crippen molar-refractivity contribution in [2.75, 3.05) is 26.8 Å². The van der Waals surface area contributed by atoms with Crippen molar-refractivity contribution in [2.45, 2.75) is 57.2 Å². The van der Waals surface area contributed by atoms with E-state index in [9.17, 15) is 9.18 Å². The van der Waals surface area contributed by atoms with Crippen LogP contribution in [-0.4, -0.2) is 48.3 Å². The number of fused-ring (bicyclic) bond motifs is 1. The number of nitrogens with zero attached hydrogens (tertiary/aromatic N) is 2. The Morgan fingerprint density at radius 2 is 1.94 bits per heavy atom. The third-order valence-electron chi connectivity index (χ3n) is 7.23. The summed E-state index contributed by atoms with van der Waals surface area (Å²) in [5.41, 5.74) is 9.47. The zero-order valence-corrected chi connectivity index (χ0v) is 20.3. The van der Waals surface area contributed by atoms with Gasteiger partial charge in [0.25, 0.3) is 0 Å². The van der Waals surface area contributed by atoms with Crippen LogP contribution >= 0.6 is 0 Å². The van der Waals surface area contributed by atoms with Crippen molar-refractivity contribution in [3.05, 3.63) is 65.1 Å². The smallest absolute Gasteiger partial charge is 0.227 e. The molecule has 1 aliphatic carbocycles. The van der Waals surface area contributed by atoms with Gasteiger partial charge < -0.3 is 24.7 Å². The number of ether oxygens (including phenoxy) is 2. The van der Waals surface area contributed by atoms with Gasteiger partial charge in [-0.2, -0.15) is 0 Å². The molecule has 0 spiro atoms. The lowest BCUT2D eigenvalue weighted by Gasteiger charge is -2.32. The standard InChI is InChI=1S/C28H34FN3O3/c1-34-14-13-32-18-21(28-25(32)3-2-4-26(28)35-22-6-7-22)16-27(33)31-11-9-20(10-12-31)23-15-19(17-30)5-8-24(23)29/h2-5,8,15,18,20,22H,6-7,9-14,16-17,30H2,1H3. The molecular weight excluding hydrogens is 445 g/mol. The van der Waals surface area contributed by atoms with Gasteiger partial charge in [0.15, 0.2) is 0 Å². The van der Waals surface area contributed by atoms with Crippen LogP contribution in [0.5, 0.6) is 5.75 Å². The first kappa shape index (κ1) is 23.8. The molecule has 1 aromatic heterocycles. The van der Waals surface area contributed by atoms with Gasteiger partial charge in [-0.15, -0.1) is 0 Å². The Hall–Kier alpha value is -2.90. The Labute approximate surface area is 205 Å². The van der Waals surface area contributed by atoms with Crippen molar-refractivity contribution < 1.29 is 18.7 Å². The van der Waals surface area contributed by atoms with E-state index in [1.54, 1.807) is 13.2 Å². The predicted molar refractivity (Wildman–Crippen MR) is 134 cm³/mol. The van der Waals surface area contributed by atoms with Crippen molar-refractivity contribution >= 4 is 16.8 Å². The summed E-state index contributed by atoms with van der Waals surface area (Å²) in [4.78, 5) is 15.3. The average molecular weight is 480 g/mol. The number of nitrogens with two attached hydrogens (primary N) is 1. The highest BCUT2D eigenvalue weighted by atomic mass is 19.1. The van der Waals surface area contributed by atoms with Crippen LogP contribution in [0.25, 0.3) is 10.9 Å².